The maximum atomic E-state index is 12.7. The Labute approximate surface area is 170 Å². The van der Waals surface area contributed by atoms with Crippen LogP contribution in [-0.4, -0.2) is 39.3 Å². The summed E-state index contributed by atoms with van der Waals surface area (Å²) in [6, 6.07) is 6.66. The summed E-state index contributed by atoms with van der Waals surface area (Å²) in [5, 5.41) is 2.83. The Hall–Kier alpha value is -1.90. The number of anilines is 1. The van der Waals surface area contributed by atoms with Crippen LogP contribution in [0.3, 0.4) is 0 Å². The van der Waals surface area contributed by atoms with E-state index in [-0.39, 0.29) is 16.6 Å². The van der Waals surface area contributed by atoms with E-state index in [2.05, 4.69) is 12.2 Å². The second-order valence-electron chi connectivity index (χ2n) is 7.24. The fourth-order valence-corrected chi connectivity index (χ4v) is 5.42. The van der Waals surface area contributed by atoms with Crippen molar-refractivity contribution in [3.8, 4) is 5.75 Å². The van der Waals surface area contributed by atoms with Crippen LogP contribution in [-0.2, 0) is 22.9 Å². The molecule has 0 unspecified atom stereocenters. The molecule has 28 heavy (non-hydrogen) atoms. The quantitative estimate of drug-likeness (QED) is 0.769. The Morgan fingerprint density at radius 2 is 2.07 bits per heavy atom. The van der Waals surface area contributed by atoms with Crippen LogP contribution in [0.2, 0.25) is 0 Å². The van der Waals surface area contributed by atoms with Crippen LogP contribution in [0.1, 0.15) is 40.4 Å². The Balaban J connectivity index is 1.87. The molecule has 0 fully saturated rings. The van der Waals surface area contributed by atoms with Gasteiger partial charge in [-0.15, -0.1) is 11.3 Å². The predicted octanol–water partition coefficient (Wildman–Crippen LogP) is 3.77. The van der Waals surface area contributed by atoms with Crippen molar-refractivity contribution in [3.05, 3.63) is 39.6 Å². The van der Waals surface area contributed by atoms with E-state index < -0.39 is 10.0 Å². The topological polar surface area (TPSA) is 75.7 Å². The highest BCUT2D eigenvalue weighted by molar-refractivity contribution is 7.89. The van der Waals surface area contributed by atoms with E-state index in [9.17, 15) is 13.2 Å². The van der Waals surface area contributed by atoms with Crippen molar-refractivity contribution in [3.63, 3.8) is 0 Å². The van der Waals surface area contributed by atoms with Crippen LogP contribution in [0.25, 0.3) is 0 Å². The average Bonchev–Trinajstić information content (AvgIpc) is 3.06. The number of aryl methyl sites for hydroxylation is 1. The zero-order chi connectivity index (χ0) is 20.5. The molecule has 152 valence electrons. The van der Waals surface area contributed by atoms with E-state index in [1.165, 1.54) is 41.9 Å². The Morgan fingerprint density at radius 3 is 2.75 bits per heavy atom. The zero-order valence-electron chi connectivity index (χ0n) is 16.6. The monoisotopic (exact) mass is 422 g/mol. The Morgan fingerprint density at radius 1 is 1.32 bits per heavy atom. The van der Waals surface area contributed by atoms with Crippen molar-refractivity contribution >= 4 is 33.0 Å². The average molecular weight is 423 g/mol. The minimum absolute atomic E-state index is 0.0384. The molecular weight excluding hydrogens is 396 g/mol. The van der Waals surface area contributed by atoms with E-state index in [1.807, 2.05) is 6.07 Å². The molecule has 1 N–H and O–H groups in total. The molecule has 0 radical (unpaired) electrons. The SMILES string of the molecule is CCOc1ccc(NC(=O)c2cc3c(s2)CC[C@@H](C)C3)cc1S(=O)(=O)N(C)C. The second-order valence-corrected chi connectivity index (χ2v) is 10.5. The zero-order valence-corrected chi connectivity index (χ0v) is 18.2. The van der Waals surface area contributed by atoms with Gasteiger partial charge in [0.2, 0.25) is 10.0 Å². The molecule has 2 aromatic rings. The highest BCUT2D eigenvalue weighted by Gasteiger charge is 2.24. The molecule has 1 aromatic carbocycles. The Kier molecular flexibility index (Phi) is 6.12. The maximum absolute atomic E-state index is 12.7. The lowest BCUT2D eigenvalue weighted by molar-refractivity contribution is 0.103. The van der Waals surface area contributed by atoms with Crippen molar-refractivity contribution in [2.24, 2.45) is 5.92 Å². The number of nitrogens with zero attached hydrogens (tertiary/aromatic N) is 1. The predicted molar refractivity (Wildman–Crippen MR) is 112 cm³/mol. The van der Waals surface area contributed by atoms with Gasteiger partial charge in [0.1, 0.15) is 10.6 Å². The van der Waals surface area contributed by atoms with Crippen LogP contribution < -0.4 is 10.1 Å². The molecule has 1 aromatic heterocycles. The van der Waals surface area contributed by atoms with E-state index in [0.29, 0.717) is 23.1 Å². The summed E-state index contributed by atoms with van der Waals surface area (Å²) in [6.45, 7) is 4.37. The summed E-state index contributed by atoms with van der Waals surface area (Å²) in [4.78, 5) is 14.7. The van der Waals surface area contributed by atoms with E-state index in [4.69, 9.17) is 4.74 Å². The highest BCUT2D eigenvalue weighted by atomic mass is 32.2. The van der Waals surface area contributed by atoms with Gasteiger partial charge >= 0.3 is 0 Å². The lowest BCUT2D eigenvalue weighted by Crippen LogP contribution is -2.23. The van der Waals surface area contributed by atoms with Gasteiger partial charge in [-0.2, -0.15) is 0 Å². The number of fused-ring (bicyclic) bond motifs is 1. The molecule has 3 rings (SSSR count). The molecule has 0 bridgehead atoms. The Bertz CT molecular complexity index is 980. The standard InChI is InChI=1S/C20H26N2O4S2/c1-5-26-16-8-7-15(12-19(16)28(24,25)22(3)4)21-20(23)18-11-14-10-13(2)6-9-17(14)27-18/h7-8,11-13H,5-6,9-10H2,1-4H3,(H,21,23)/t13-/m1/s1. The molecular formula is C20H26N2O4S2. The van der Waals surface area contributed by atoms with Gasteiger partial charge in [-0.05, 0) is 61.9 Å². The van der Waals surface area contributed by atoms with Gasteiger partial charge in [-0.3, -0.25) is 4.79 Å². The molecule has 8 heteroatoms. The summed E-state index contributed by atoms with van der Waals surface area (Å²) in [5.74, 6) is 0.696. The first-order chi connectivity index (χ1) is 13.2. The number of nitrogens with one attached hydrogen (secondary N) is 1. The first-order valence-corrected chi connectivity index (χ1v) is 11.6. The second kappa shape index (κ2) is 8.23. The summed E-state index contributed by atoms with van der Waals surface area (Å²) < 4.78 is 31.9. The minimum Gasteiger partial charge on any atom is -0.492 e. The van der Waals surface area contributed by atoms with Gasteiger partial charge in [0.05, 0.1) is 11.5 Å². The van der Waals surface area contributed by atoms with Crippen molar-refractivity contribution in [1.29, 1.82) is 0 Å². The third kappa shape index (κ3) is 4.24. The number of benzene rings is 1. The van der Waals surface area contributed by atoms with Crippen LogP contribution in [0.5, 0.6) is 5.75 Å². The number of hydrogen-bond acceptors (Lipinski definition) is 5. The first kappa shape index (κ1) is 20.8. The van der Waals surface area contributed by atoms with Gasteiger partial charge in [-0.1, -0.05) is 6.92 Å². The van der Waals surface area contributed by atoms with E-state index in [0.717, 1.165) is 23.6 Å². The maximum Gasteiger partial charge on any atom is 0.265 e. The molecule has 1 atom stereocenters. The molecule has 1 amide bonds. The van der Waals surface area contributed by atoms with E-state index >= 15 is 0 Å². The smallest absolute Gasteiger partial charge is 0.265 e. The van der Waals surface area contributed by atoms with Gasteiger partial charge in [0.25, 0.3) is 5.91 Å². The normalized spacial score (nSPS) is 16.7. The summed E-state index contributed by atoms with van der Waals surface area (Å²) in [5.41, 5.74) is 1.69. The molecule has 1 heterocycles. The lowest BCUT2D eigenvalue weighted by Gasteiger charge is -2.16. The van der Waals surface area contributed by atoms with Gasteiger partial charge < -0.3 is 10.1 Å². The van der Waals surface area contributed by atoms with Crippen molar-refractivity contribution in [1.82, 2.24) is 4.31 Å². The number of carbonyl (C=O) groups excluding carboxylic acids is 1. The molecule has 1 aliphatic rings. The highest BCUT2D eigenvalue weighted by Crippen LogP contribution is 2.33. The fourth-order valence-electron chi connectivity index (χ4n) is 3.27. The van der Waals surface area contributed by atoms with Crippen molar-refractivity contribution < 1.29 is 17.9 Å². The largest absolute Gasteiger partial charge is 0.492 e. The van der Waals surface area contributed by atoms with Crippen LogP contribution in [0, 0.1) is 5.92 Å². The van der Waals surface area contributed by atoms with Gasteiger partial charge in [0, 0.05) is 24.7 Å². The number of thiophene rings is 1. The molecule has 0 saturated heterocycles. The van der Waals surface area contributed by atoms with Crippen molar-refractivity contribution in [2.45, 2.75) is 38.0 Å². The van der Waals surface area contributed by atoms with E-state index in [1.54, 1.807) is 19.1 Å². The van der Waals surface area contributed by atoms with Crippen LogP contribution >= 0.6 is 11.3 Å². The number of ether oxygens (including phenoxy) is 1. The summed E-state index contributed by atoms with van der Waals surface area (Å²) in [7, 11) is -0.770. The summed E-state index contributed by atoms with van der Waals surface area (Å²) in [6.07, 6.45) is 3.18. The fraction of sp³-hybridized carbons (Fsp3) is 0.450. The van der Waals surface area contributed by atoms with Gasteiger partial charge in [0.15, 0.2) is 0 Å². The van der Waals surface area contributed by atoms with Crippen LogP contribution in [0.4, 0.5) is 5.69 Å². The third-order valence-corrected chi connectivity index (χ3v) is 7.89. The minimum atomic E-state index is -3.70. The molecule has 6 nitrogen and oxygen atoms in total. The third-order valence-electron chi connectivity index (χ3n) is 4.81. The lowest BCUT2D eigenvalue weighted by atomic mass is 9.90. The number of sulfonamides is 1. The first-order valence-electron chi connectivity index (χ1n) is 9.34. The number of rotatable bonds is 6. The number of carbonyl (C=O) groups is 1. The molecule has 0 aliphatic heterocycles. The molecule has 0 spiro atoms. The number of amides is 1. The molecule has 1 aliphatic carbocycles. The van der Waals surface area contributed by atoms with Gasteiger partial charge in [-0.25, -0.2) is 12.7 Å². The molecule has 0 saturated carbocycles. The number of hydrogen-bond donors (Lipinski definition) is 1. The van der Waals surface area contributed by atoms with Crippen LogP contribution in [0.15, 0.2) is 29.2 Å². The van der Waals surface area contributed by atoms with Crippen molar-refractivity contribution in [2.75, 3.05) is 26.0 Å². The summed E-state index contributed by atoms with van der Waals surface area (Å²) >= 11 is 1.53.